The number of carbonyl (C=O) groups excluding carboxylic acids is 1. The lowest BCUT2D eigenvalue weighted by Gasteiger charge is -2.37. The molecule has 126 valence electrons. The van der Waals surface area contributed by atoms with Crippen LogP contribution in [0, 0.1) is 0 Å². The molecule has 1 amide bonds. The number of aliphatic hydroxyl groups excluding tert-OH is 1. The van der Waals surface area contributed by atoms with Crippen LogP contribution < -0.4 is 0 Å². The molecular weight excluding hydrogens is 311 g/mol. The van der Waals surface area contributed by atoms with Gasteiger partial charge >= 0.3 is 6.18 Å². The second kappa shape index (κ2) is 7.14. The quantitative estimate of drug-likeness (QED) is 0.866. The summed E-state index contributed by atoms with van der Waals surface area (Å²) in [5.74, 6) is -0.740. The lowest BCUT2D eigenvalue weighted by molar-refractivity contribution is -0.141. The molecule has 23 heavy (non-hydrogen) atoms. The molecule has 7 heteroatoms. The van der Waals surface area contributed by atoms with E-state index in [0.717, 1.165) is 0 Å². The summed E-state index contributed by atoms with van der Waals surface area (Å²) in [7, 11) is 0. The number of halogens is 3. The van der Waals surface area contributed by atoms with E-state index in [-0.39, 0.29) is 31.4 Å². The number of benzene rings is 1. The molecule has 1 heterocycles. The van der Waals surface area contributed by atoms with E-state index >= 15 is 0 Å². The van der Waals surface area contributed by atoms with Gasteiger partial charge in [-0.1, -0.05) is 30.3 Å². The Bertz CT molecular complexity index is 572. The molecule has 2 rings (SSSR count). The zero-order valence-corrected chi connectivity index (χ0v) is 12.6. The zero-order chi connectivity index (χ0) is 17.0. The highest BCUT2D eigenvalue weighted by molar-refractivity contribution is 5.96. The second-order valence-corrected chi connectivity index (χ2v) is 5.40. The average molecular weight is 329 g/mol. The van der Waals surface area contributed by atoms with Crippen molar-refractivity contribution in [2.45, 2.75) is 25.2 Å². The van der Waals surface area contributed by atoms with E-state index in [9.17, 15) is 18.0 Å². The maximum atomic E-state index is 13.3. The van der Waals surface area contributed by atoms with Crippen molar-refractivity contribution in [1.82, 2.24) is 4.90 Å². The van der Waals surface area contributed by atoms with Crippen LogP contribution in [0.2, 0.25) is 0 Å². The summed E-state index contributed by atoms with van der Waals surface area (Å²) in [6, 6.07) is 6.84. The molecule has 0 radical (unpaired) electrons. The van der Waals surface area contributed by atoms with Crippen LogP contribution in [-0.4, -0.2) is 54.0 Å². The van der Waals surface area contributed by atoms with Gasteiger partial charge in [-0.25, -0.2) is 0 Å². The van der Waals surface area contributed by atoms with Crippen LogP contribution in [0.25, 0.3) is 5.57 Å². The number of amides is 1. The molecule has 0 aromatic heterocycles. The summed E-state index contributed by atoms with van der Waals surface area (Å²) in [6.07, 6.45) is -4.59. The van der Waals surface area contributed by atoms with Crippen molar-refractivity contribution < 1.29 is 27.8 Å². The van der Waals surface area contributed by atoms with Crippen molar-refractivity contribution >= 4 is 11.5 Å². The van der Waals surface area contributed by atoms with Gasteiger partial charge in [0.05, 0.1) is 30.9 Å². The Labute approximate surface area is 132 Å². The molecule has 1 aromatic rings. The van der Waals surface area contributed by atoms with Gasteiger partial charge in [-0.2, -0.15) is 13.2 Å². The third-order valence-electron chi connectivity index (χ3n) is 3.65. The van der Waals surface area contributed by atoms with Gasteiger partial charge < -0.3 is 14.7 Å². The maximum Gasteiger partial charge on any atom is 0.417 e. The molecule has 0 bridgehead atoms. The number of rotatable bonds is 3. The Morgan fingerprint density at radius 3 is 2.61 bits per heavy atom. The minimum atomic E-state index is -4.64. The van der Waals surface area contributed by atoms with Crippen molar-refractivity contribution in [1.29, 1.82) is 0 Å². The van der Waals surface area contributed by atoms with Gasteiger partial charge in [0.2, 0.25) is 5.91 Å². The topological polar surface area (TPSA) is 49.8 Å². The largest absolute Gasteiger partial charge is 0.417 e. The van der Waals surface area contributed by atoms with E-state index < -0.39 is 23.8 Å². The van der Waals surface area contributed by atoms with Crippen LogP contribution in [0.5, 0.6) is 0 Å². The summed E-state index contributed by atoms with van der Waals surface area (Å²) in [5, 5.41) is 9.11. The zero-order valence-electron chi connectivity index (χ0n) is 12.6. The lowest BCUT2D eigenvalue weighted by atomic mass is 10.0. The molecule has 0 aliphatic carbocycles. The Morgan fingerprint density at radius 2 is 2.04 bits per heavy atom. The molecule has 2 atom stereocenters. The molecule has 1 N–H and O–H groups in total. The predicted molar refractivity (Wildman–Crippen MR) is 78.5 cm³/mol. The molecule has 1 aromatic carbocycles. The summed E-state index contributed by atoms with van der Waals surface area (Å²) in [6.45, 7) is 1.64. The number of nitrogens with zero attached hydrogens (tertiary/aromatic N) is 1. The van der Waals surface area contributed by atoms with Gasteiger partial charge in [-0.15, -0.1) is 0 Å². The van der Waals surface area contributed by atoms with Crippen molar-refractivity contribution in [3.05, 3.63) is 42.0 Å². The number of morpholine rings is 1. The molecule has 0 saturated carbocycles. The molecule has 1 saturated heterocycles. The van der Waals surface area contributed by atoms with E-state index in [4.69, 9.17) is 9.84 Å². The highest BCUT2D eigenvalue weighted by Crippen LogP contribution is 2.34. The summed E-state index contributed by atoms with van der Waals surface area (Å²) >= 11 is 0. The standard InChI is InChI=1S/C16H18F3NO3/c1-11-10-23-13(9-21)8-20(11)15(22)7-14(16(17,18)19)12-5-3-2-4-6-12/h2-7,11,13,21H,8-10H2,1H3/b14-7-. The normalized spacial score (nSPS) is 23.0. The molecule has 1 aliphatic heterocycles. The third-order valence-corrected chi connectivity index (χ3v) is 3.65. The molecule has 2 unspecified atom stereocenters. The van der Waals surface area contributed by atoms with Gasteiger partial charge in [0.1, 0.15) is 0 Å². The summed E-state index contributed by atoms with van der Waals surface area (Å²) in [5.41, 5.74) is -1.05. The Balaban J connectivity index is 2.29. The van der Waals surface area contributed by atoms with E-state index in [0.29, 0.717) is 6.08 Å². The number of hydrogen-bond donors (Lipinski definition) is 1. The minimum Gasteiger partial charge on any atom is -0.394 e. The highest BCUT2D eigenvalue weighted by Gasteiger charge is 2.37. The number of carbonyl (C=O) groups is 1. The fourth-order valence-electron chi connectivity index (χ4n) is 2.39. The first kappa shape index (κ1) is 17.5. The van der Waals surface area contributed by atoms with Crippen LogP contribution in [-0.2, 0) is 9.53 Å². The SMILES string of the molecule is CC1COC(CO)CN1C(=O)/C=C(/c1ccccc1)C(F)(F)F. The van der Waals surface area contributed by atoms with Crippen LogP contribution >= 0.6 is 0 Å². The number of ether oxygens (including phenoxy) is 1. The van der Waals surface area contributed by atoms with Gasteiger partial charge in [0, 0.05) is 12.6 Å². The van der Waals surface area contributed by atoms with Gasteiger partial charge in [0.25, 0.3) is 0 Å². The van der Waals surface area contributed by atoms with E-state index in [1.807, 2.05) is 0 Å². The van der Waals surface area contributed by atoms with Crippen molar-refractivity contribution in [2.24, 2.45) is 0 Å². The van der Waals surface area contributed by atoms with Crippen LogP contribution in [0.3, 0.4) is 0 Å². The van der Waals surface area contributed by atoms with E-state index in [1.54, 1.807) is 13.0 Å². The monoisotopic (exact) mass is 329 g/mol. The van der Waals surface area contributed by atoms with E-state index in [1.165, 1.54) is 29.2 Å². The summed E-state index contributed by atoms with van der Waals surface area (Å²) in [4.78, 5) is 13.6. The van der Waals surface area contributed by atoms with E-state index in [2.05, 4.69) is 0 Å². The Kier molecular flexibility index (Phi) is 5.43. The predicted octanol–water partition coefficient (Wildman–Crippen LogP) is 2.24. The first-order valence-corrected chi connectivity index (χ1v) is 7.20. The van der Waals surface area contributed by atoms with Crippen molar-refractivity contribution in [3.63, 3.8) is 0 Å². The summed E-state index contributed by atoms with van der Waals surface area (Å²) < 4.78 is 45.1. The fraction of sp³-hybridized carbons (Fsp3) is 0.438. The van der Waals surface area contributed by atoms with Gasteiger partial charge in [-0.3, -0.25) is 4.79 Å². The number of alkyl halides is 3. The Morgan fingerprint density at radius 1 is 1.39 bits per heavy atom. The molecule has 1 aliphatic rings. The van der Waals surface area contributed by atoms with Gasteiger partial charge in [0.15, 0.2) is 0 Å². The average Bonchev–Trinajstić information content (AvgIpc) is 2.52. The van der Waals surface area contributed by atoms with Crippen molar-refractivity contribution in [3.8, 4) is 0 Å². The highest BCUT2D eigenvalue weighted by atomic mass is 19.4. The first-order chi connectivity index (χ1) is 10.8. The third kappa shape index (κ3) is 4.33. The van der Waals surface area contributed by atoms with Crippen LogP contribution in [0.4, 0.5) is 13.2 Å². The lowest BCUT2D eigenvalue weighted by Crippen LogP contribution is -2.51. The van der Waals surface area contributed by atoms with Crippen LogP contribution in [0.1, 0.15) is 12.5 Å². The van der Waals surface area contributed by atoms with Gasteiger partial charge in [-0.05, 0) is 12.5 Å². The molecule has 0 spiro atoms. The number of hydrogen-bond acceptors (Lipinski definition) is 3. The van der Waals surface area contributed by atoms with Crippen molar-refractivity contribution in [2.75, 3.05) is 19.8 Å². The first-order valence-electron chi connectivity index (χ1n) is 7.20. The number of allylic oxidation sites excluding steroid dienone is 1. The Hall–Kier alpha value is -1.86. The van der Waals surface area contributed by atoms with Crippen LogP contribution in [0.15, 0.2) is 36.4 Å². The fourth-order valence-corrected chi connectivity index (χ4v) is 2.39. The smallest absolute Gasteiger partial charge is 0.394 e. The molecular formula is C16H18F3NO3. The second-order valence-electron chi connectivity index (χ2n) is 5.40. The molecule has 1 fully saturated rings. The number of aliphatic hydroxyl groups is 1. The minimum absolute atomic E-state index is 0.0621. The maximum absolute atomic E-state index is 13.3. The molecule has 4 nitrogen and oxygen atoms in total.